The topological polar surface area (TPSA) is 122 Å². The van der Waals surface area contributed by atoms with Crippen LogP contribution in [0.4, 0.5) is 19.0 Å². The van der Waals surface area contributed by atoms with Gasteiger partial charge in [-0.05, 0) is 55.3 Å². The number of benzene rings is 2. The van der Waals surface area contributed by atoms with Gasteiger partial charge in [0.2, 0.25) is 0 Å². The summed E-state index contributed by atoms with van der Waals surface area (Å²) in [5.41, 5.74) is 0.400. The van der Waals surface area contributed by atoms with Crippen molar-refractivity contribution >= 4 is 22.6 Å². The van der Waals surface area contributed by atoms with Crippen LogP contribution in [0.3, 0.4) is 0 Å². The Bertz CT molecular complexity index is 1840. The van der Waals surface area contributed by atoms with E-state index in [1.165, 1.54) is 36.7 Å². The van der Waals surface area contributed by atoms with Crippen LogP contribution in [0.2, 0.25) is 0 Å². The fourth-order valence-electron chi connectivity index (χ4n) is 4.27. The molecule has 5 rings (SSSR count). The van der Waals surface area contributed by atoms with Gasteiger partial charge in [-0.15, -0.1) is 0 Å². The summed E-state index contributed by atoms with van der Waals surface area (Å²) in [5.74, 6) is -3.00. The zero-order valence-electron chi connectivity index (χ0n) is 21.9. The van der Waals surface area contributed by atoms with Crippen LogP contribution < -0.4 is 15.6 Å². The number of hydrogen-bond acceptors (Lipinski definition) is 7. The second-order valence-electron chi connectivity index (χ2n) is 9.50. The first-order valence-electron chi connectivity index (χ1n) is 12.5. The number of ketones is 1. The second kappa shape index (κ2) is 11.3. The van der Waals surface area contributed by atoms with Gasteiger partial charge >= 0.3 is 0 Å². The molecule has 0 aliphatic carbocycles. The second-order valence-corrected chi connectivity index (χ2v) is 9.50. The maximum Gasteiger partial charge on any atom is 0.265 e. The Morgan fingerprint density at radius 3 is 2.61 bits per heavy atom. The Labute approximate surface area is 231 Å². The number of H-pyrrole nitrogens is 1. The quantitative estimate of drug-likeness (QED) is 0.219. The fourth-order valence-corrected chi connectivity index (χ4v) is 4.27. The van der Waals surface area contributed by atoms with E-state index < -0.39 is 28.8 Å². The van der Waals surface area contributed by atoms with E-state index in [1.54, 1.807) is 19.9 Å². The molecule has 2 aromatic carbocycles. The number of anilines is 1. The van der Waals surface area contributed by atoms with E-state index in [9.17, 15) is 23.5 Å². The number of Topliss-reactive ketones (excluding diaryl/α,β-unsaturated/α-hetero) is 1. The molecule has 9 nitrogen and oxygen atoms in total. The first-order chi connectivity index (χ1) is 19.6. The Morgan fingerprint density at radius 2 is 1.88 bits per heavy atom. The molecule has 0 saturated carbocycles. The van der Waals surface area contributed by atoms with Crippen molar-refractivity contribution in [3.05, 3.63) is 105 Å². The summed E-state index contributed by atoms with van der Waals surface area (Å²) in [5, 5.41) is 19.7. The Kier molecular flexibility index (Phi) is 7.58. The molecule has 5 aromatic rings. The lowest BCUT2D eigenvalue weighted by Crippen LogP contribution is -2.26. The standard InChI is InChI=1S/C29H24F3N5O4/c1-15-9-19(29(40)37(13-15)18-4-5-20(30)21(31)12-18)23(39)11-17-3-6-24(22(32)10-17)41-25-7-8-33-27-26(25)28(36-35-27)34-16(2)14-38/h3-10,12-13,16,38H,11,14H2,1-2H3,(H2,33,34,35,36)/t16-/m1/s1. The molecule has 3 N–H and O–H groups in total. The molecule has 0 aliphatic rings. The van der Waals surface area contributed by atoms with Crippen LogP contribution in [0, 0.1) is 24.4 Å². The molecule has 0 bridgehead atoms. The molecule has 0 aliphatic heterocycles. The van der Waals surface area contributed by atoms with Gasteiger partial charge < -0.3 is 15.2 Å². The number of aliphatic hydroxyl groups excluding tert-OH is 1. The van der Waals surface area contributed by atoms with Crippen LogP contribution in [-0.4, -0.2) is 43.3 Å². The predicted octanol–water partition coefficient (Wildman–Crippen LogP) is 4.84. The summed E-state index contributed by atoms with van der Waals surface area (Å²) < 4.78 is 49.2. The lowest BCUT2D eigenvalue weighted by atomic mass is 10.0. The number of nitrogens with zero attached hydrogens (tertiary/aromatic N) is 3. The van der Waals surface area contributed by atoms with Crippen LogP contribution in [0.15, 0.2) is 65.7 Å². The number of aryl methyl sites for hydroxylation is 1. The van der Waals surface area contributed by atoms with Crippen LogP contribution >= 0.6 is 0 Å². The summed E-state index contributed by atoms with van der Waals surface area (Å²) in [4.78, 5) is 30.4. The van der Waals surface area contributed by atoms with E-state index in [0.29, 0.717) is 28.0 Å². The van der Waals surface area contributed by atoms with Crippen molar-refractivity contribution in [1.82, 2.24) is 19.7 Å². The number of rotatable bonds is 9. The van der Waals surface area contributed by atoms with Gasteiger partial charge in [0.15, 0.2) is 40.4 Å². The number of aliphatic hydroxyl groups is 1. The average molecular weight is 564 g/mol. The van der Waals surface area contributed by atoms with E-state index in [2.05, 4.69) is 20.5 Å². The summed E-state index contributed by atoms with van der Waals surface area (Å²) in [6.07, 6.45) is 2.59. The third kappa shape index (κ3) is 5.68. The van der Waals surface area contributed by atoms with Crippen molar-refractivity contribution in [1.29, 1.82) is 0 Å². The zero-order valence-corrected chi connectivity index (χ0v) is 21.9. The average Bonchev–Trinajstić information content (AvgIpc) is 3.36. The first kappa shape index (κ1) is 27.6. The van der Waals surface area contributed by atoms with Gasteiger partial charge in [0, 0.05) is 37.0 Å². The van der Waals surface area contributed by atoms with Gasteiger partial charge in [0.1, 0.15) is 11.1 Å². The third-order valence-corrected chi connectivity index (χ3v) is 6.30. The maximum absolute atomic E-state index is 15.1. The molecule has 0 unspecified atom stereocenters. The molecule has 0 spiro atoms. The molecular weight excluding hydrogens is 539 g/mol. The molecule has 3 heterocycles. The lowest BCUT2D eigenvalue weighted by molar-refractivity contribution is 0.0991. The number of ether oxygens (including phenoxy) is 1. The Morgan fingerprint density at radius 1 is 1.07 bits per heavy atom. The third-order valence-electron chi connectivity index (χ3n) is 6.30. The molecule has 0 fully saturated rings. The molecule has 12 heteroatoms. The molecule has 0 radical (unpaired) electrons. The number of aromatic amines is 1. The summed E-state index contributed by atoms with van der Waals surface area (Å²) in [6, 6.07) is 9.62. The predicted molar refractivity (Wildman–Crippen MR) is 145 cm³/mol. The van der Waals surface area contributed by atoms with Crippen molar-refractivity contribution in [2.45, 2.75) is 26.3 Å². The van der Waals surface area contributed by atoms with E-state index in [4.69, 9.17) is 4.74 Å². The number of aromatic nitrogens is 4. The van der Waals surface area contributed by atoms with E-state index in [0.717, 1.165) is 22.8 Å². The Hall–Kier alpha value is -4.97. The van der Waals surface area contributed by atoms with Gasteiger partial charge in [0.05, 0.1) is 17.9 Å². The normalized spacial score (nSPS) is 12.0. The highest BCUT2D eigenvalue weighted by molar-refractivity contribution is 5.97. The number of carbonyl (C=O) groups excluding carboxylic acids is 1. The van der Waals surface area contributed by atoms with Crippen molar-refractivity contribution < 1.29 is 27.8 Å². The zero-order chi connectivity index (χ0) is 29.3. The molecule has 1 atom stereocenters. The fraction of sp³-hybridized carbons (Fsp3) is 0.172. The van der Waals surface area contributed by atoms with Crippen molar-refractivity contribution in [2.24, 2.45) is 0 Å². The number of fused-ring (bicyclic) bond motifs is 1. The molecule has 41 heavy (non-hydrogen) atoms. The first-order valence-corrected chi connectivity index (χ1v) is 12.5. The summed E-state index contributed by atoms with van der Waals surface area (Å²) in [6.45, 7) is 3.27. The van der Waals surface area contributed by atoms with E-state index >= 15 is 4.39 Å². The number of halogens is 3. The van der Waals surface area contributed by atoms with Crippen LogP contribution in [0.25, 0.3) is 16.7 Å². The van der Waals surface area contributed by atoms with Crippen molar-refractivity contribution in [2.75, 3.05) is 11.9 Å². The summed E-state index contributed by atoms with van der Waals surface area (Å²) >= 11 is 0. The summed E-state index contributed by atoms with van der Waals surface area (Å²) in [7, 11) is 0. The highest BCUT2D eigenvalue weighted by Gasteiger charge is 2.19. The maximum atomic E-state index is 15.1. The van der Waals surface area contributed by atoms with Gasteiger partial charge in [-0.25, -0.2) is 18.2 Å². The molecule has 210 valence electrons. The monoisotopic (exact) mass is 563 g/mol. The smallest absolute Gasteiger partial charge is 0.265 e. The Balaban J connectivity index is 1.39. The number of pyridine rings is 2. The minimum atomic E-state index is -1.13. The number of hydrogen-bond donors (Lipinski definition) is 3. The van der Waals surface area contributed by atoms with Crippen LogP contribution in [0.5, 0.6) is 11.5 Å². The van der Waals surface area contributed by atoms with Gasteiger partial charge in [-0.3, -0.25) is 19.3 Å². The van der Waals surface area contributed by atoms with Crippen molar-refractivity contribution in [3.63, 3.8) is 0 Å². The van der Waals surface area contributed by atoms with Crippen LogP contribution in [-0.2, 0) is 6.42 Å². The van der Waals surface area contributed by atoms with Crippen LogP contribution in [0.1, 0.15) is 28.4 Å². The minimum Gasteiger partial charge on any atom is -0.453 e. The molecular formula is C29H24F3N5O4. The van der Waals surface area contributed by atoms with Gasteiger partial charge in [0.25, 0.3) is 5.56 Å². The minimum absolute atomic E-state index is 0.0613. The van der Waals surface area contributed by atoms with Gasteiger partial charge in [-0.1, -0.05) is 6.07 Å². The lowest BCUT2D eigenvalue weighted by Gasteiger charge is -2.13. The van der Waals surface area contributed by atoms with E-state index in [-0.39, 0.29) is 41.8 Å². The highest BCUT2D eigenvalue weighted by atomic mass is 19.2. The van der Waals surface area contributed by atoms with Crippen molar-refractivity contribution in [3.8, 4) is 17.2 Å². The number of nitrogens with one attached hydrogen (secondary N) is 2. The molecule has 0 saturated heterocycles. The highest BCUT2D eigenvalue weighted by Crippen LogP contribution is 2.34. The van der Waals surface area contributed by atoms with Gasteiger partial charge in [-0.2, -0.15) is 5.10 Å². The molecule has 0 amide bonds. The van der Waals surface area contributed by atoms with E-state index in [1.807, 2.05) is 0 Å². The number of carbonyl (C=O) groups is 1. The largest absolute Gasteiger partial charge is 0.453 e. The SMILES string of the molecule is Cc1cc(C(=O)Cc2ccc(Oc3ccnc4[nH]nc(N[C@H](C)CO)c34)c(F)c2)c(=O)n(-c2ccc(F)c(F)c2)c1. The molecule has 3 aromatic heterocycles.